The average Bonchev–Trinajstić information content (AvgIpc) is 3.51. The largest absolute Gasteiger partial charge is 0.497 e. The quantitative estimate of drug-likeness (QED) is 0.304. The van der Waals surface area contributed by atoms with Gasteiger partial charge < -0.3 is 18.8 Å². The zero-order valence-electron chi connectivity index (χ0n) is 17.7. The summed E-state index contributed by atoms with van der Waals surface area (Å²) in [6, 6.07) is 11.5. The first kappa shape index (κ1) is 21.3. The van der Waals surface area contributed by atoms with E-state index in [9.17, 15) is 14.9 Å². The number of ether oxygens (including phenoxy) is 2. The first-order valence-electron chi connectivity index (χ1n) is 10.2. The van der Waals surface area contributed by atoms with E-state index in [1.54, 1.807) is 44.4 Å². The van der Waals surface area contributed by atoms with Gasteiger partial charge >= 0.3 is 5.97 Å². The second kappa shape index (κ2) is 9.04. The Morgan fingerprint density at radius 1 is 1.16 bits per heavy atom. The molecule has 1 aliphatic rings. The van der Waals surface area contributed by atoms with Crippen molar-refractivity contribution in [2.24, 2.45) is 0 Å². The first-order valence-corrected chi connectivity index (χ1v) is 10.2. The predicted octanol–water partition coefficient (Wildman–Crippen LogP) is 4.17. The van der Waals surface area contributed by atoms with Gasteiger partial charge in [0, 0.05) is 24.7 Å². The van der Waals surface area contributed by atoms with Crippen molar-refractivity contribution in [1.29, 1.82) is 0 Å². The van der Waals surface area contributed by atoms with E-state index in [0.717, 1.165) is 25.9 Å². The van der Waals surface area contributed by atoms with Crippen molar-refractivity contribution < 1.29 is 23.6 Å². The Morgan fingerprint density at radius 3 is 2.53 bits per heavy atom. The Kier molecular flexibility index (Phi) is 6.02. The molecule has 0 amide bonds. The molecule has 166 valence electrons. The second-order valence-electron chi connectivity index (χ2n) is 7.38. The maximum Gasteiger partial charge on any atom is 0.339 e. The highest BCUT2D eigenvalue weighted by Gasteiger charge is 2.26. The first-order chi connectivity index (χ1) is 15.5. The lowest BCUT2D eigenvalue weighted by Gasteiger charge is -2.18. The van der Waals surface area contributed by atoms with Crippen LogP contribution in [0.25, 0.3) is 11.5 Å². The summed E-state index contributed by atoms with van der Waals surface area (Å²) in [6.45, 7) is 3.11. The van der Waals surface area contributed by atoms with Crippen molar-refractivity contribution in [2.45, 2.75) is 25.9 Å². The van der Waals surface area contributed by atoms with Crippen LogP contribution < -0.4 is 9.64 Å². The summed E-state index contributed by atoms with van der Waals surface area (Å²) in [5.41, 5.74) is 1.17. The molecule has 10 heteroatoms. The van der Waals surface area contributed by atoms with Gasteiger partial charge in [-0.15, -0.1) is 10.2 Å². The van der Waals surface area contributed by atoms with Crippen LogP contribution in [0.2, 0.25) is 0 Å². The van der Waals surface area contributed by atoms with Crippen LogP contribution in [0, 0.1) is 10.1 Å². The predicted molar refractivity (Wildman–Crippen MR) is 115 cm³/mol. The number of carbonyl (C=O) groups excluding carboxylic acids is 1. The van der Waals surface area contributed by atoms with Crippen LogP contribution in [0.15, 0.2) is 46.9 Å². The molecule has 3 aromatic rings. The minimum atomic E-state index is -0.834. The third-order valence-electron chi connectivity index (χ3n) is 5.26. The molecule has 32 heavy (non-hydrogen) atoms. The lowest BCUT2D eigenvalue weighted by molar-refractivity contribution is -0.384. The molecule has 2 heterocycles. The number of anilines is 1. The molecule has 1 unspecified atom stereocenters. The molecule has 0 N–H and O–H groups in total. The monoisotopic (exact) mass is 438 g/mol. The summed E-state index contributed by atoms with van der Waals surface area (Å²) in [4.78, 5) is 25.7. The molecule has 0 aliphatic carbocycles. The average molecular weight is 438 g/mol. The van der Waals surface area contributed by atoms with Crippen molar-refractivity contribution >= 4 is 17.3 Å². The number of nitro groups is 1. The van der Waals surface area contributed by atoms with Crippen LogP contribution in [0.1, 0.15) is 42.1 Å². The van der Waals surface area contributed by atoms with Crippen molar-refractivity contribution in [2.75, 3.05) is 25.1 Å². The molecule has 0 saturated carbocycles. The summed E-state index contributed by atoms with van der Waals surface area (Å²) >= 11 is 0. The Labute approximate surface area is 183 Å². The molecule has 0 radical (unpaired) electrons. The number of aromatic nitrogens is 2. The van der Waals surface area contributed by atoms with Crippen LogP contribution in [-0.4, -0.2) is 41.3 Å². The van der Waals surface area contributed by atoms with E-state index in [1.165, 1.54) is 12.1 Å². The fourth-order valence-electron chi connectivity index (χ4n) is 3.55. The van der Waals surface area contributed by atoms with E-state index in [1.807, 2.05) is 4.90 Å². The standard InChI is InChI=1S/C22H22N4O6/c1-14(20-23-24-21(32-20)15-5-8-17(30-2)9-6-15)31-22(27)16-7-10-18(19(13-16)26(28)29)25-11-3-4-12-25/h5-10,13-14H,3-4,11-12H2,1-2H3. The van der Waals surface area contributed by atoms with Gasteiger partial charge in [0.1, 0.15) is 11.4 Å². The number of rotatable bonds is 7. The number of methoxy groups -OCH3 is 1. The molecule has 1 fully saturated rings. The lowest BCUT2D eigenvalue weighted by atomic mass is 10.1. The minimum Gasteiger partial charge on any atom is -0.497 e. The molecule has 2 aromatic carbocycles. The third kappa shape index (κ3) is 4.39. The van der Waals surface area contributed by atoms with Crippen molar-refractivity contribution in [3.63, 3.8) is 0 Å². The van der Waals surface area contributed by atoms with Crippen molar-refractivity contribution in [3.05, 3.63) is 64.0 Å². The van der Waals surface area contributed by atoms with Crippen molar-refractivity contribution in [1.82, 2.24) is 10.2 Å². The Hall–Kier alpha value is -3.95. The summed E-state index contributed by atoms with van der Waals surface area (Å²) in [5, 5.41) is 19.5. The van der Waals surface area contributed by atoms with E-state index in [2.05, 4.69) is 10.2 Å². The van der Waals surface area contributed by atoms with Gasteiger partial charge in [0.15, 0.2) is 6.10 Å². The van der Waals surface area contributed by atoms with Crippen LogP contribution in [0.5, 0.6) is 5.75 Å². The molecule has 0 spiro atoms. The highest BCUT2D eigenvalue weighted by atomic mass is 16.6. The highest BCUT2D eigenvalue weighted by Crippen LogP contribution is 2.32. The molecule has 4 rings (SSSR count). The van der Waals surface area contributed by atoms with Gasteiger partial charge in [-0.25, -0.2) is 4.79 Å². The summed E-state index contributed by atoms with van der Waals surface area (Å²) in [5.74, 6) is 0.377. The highest BCUT2D eigenvalue weighted by molar-refractivity contribution is 5.91. The number of nitro benzene ring substituents is 1. The van der Waals surface area contributed by atoms with Gasteiger partial charge in [-0.3, -0.25) is 10.1 Å². The maximum atomic E-state index is 12.6. The third-order valence-corrected chi connectivity index (χ3v) is 5.26. The molecular weight excluding hydrogens is 416 g/mol. The molecule has 1 aliphatic heterocycles. The normalized spacial score (nSPS) is 14.2. The fraction of sp³-hybridized carbons (Fsp3) is 0.318. The number of carbonyl (C=O) groups is 1. The second-order valence-corrected chi connectivity index (χ2v) is 7.38. The number of esters is 1. The maximum absolute atomic E-state index is 12.6. The van der Waals surface area contributed by atoms with Gasteiger partial charge in [0.05, 0.1) is 17.6 Å². The van der Waals surface area contributed by atoms with Crippen LogP contribution in [-0.2, 0) is 4.74 Å². The SMILES string of the molecule is COc1ccc(-c2nnc(C(C)OC(=O)c3ccc(N4CCCC4)c([N+](=O)[O-])c3)o2)cc1. The minimum absolute atomic E-state index is 0.0846. The molecule has 10 nitrogen and oxygen atoms in total. The van der Waals surface area contributed by atoms with E-state index < -0.39 is 17.0 Å². The summed E-state index contributed by atoms with van der Waals surface area (Å²) in [6.07, 6.45) is 1.14. The van der Waals surface area contributed by atoms with E-state index in [4.69, 9.17) is 13.9 Å². The number of benzene rings is 2. The van der Waals surface area contributed by atoms with E-state index in [0.29, 0.717) is 17.0 Å². The molecule has 1 atom stereocenters. The molecular formula is C22H22N4O6. The molecule has 1 aromatic heterocycles. The topological polar surface area (TPSA) is 121 Å². The van der Waals surface area contributed by atoms with Gasteiger partial charge in [-0.1, -0.05) is 0 Å². The zero-order valence-corrected chi connectivity index (χ0v) is 17.7. The van der Waals surface area contributed by atoms with Gasteiger partial charge in [0.25, 0.3) is 11.6 Å². The fourth-order valence-corrected chi connectivity index (χ4v) is 3.55. The molecule has 1 saturated heterocycles. The van der Waals surface area contributed by atoms with E-state index >= 15 is 0 Å². The van der Waals surface area contributed by atoms with Gasteiger partial charge in [-0.05, 0) is 56.2 Å². The van der Waals surface area contributed by atoms with Gasteiger partial charge in [-0.2, -0.15) is 0 Å². The summed E-state index contributed by atoms with van der Waals surface area (Å²) < 4.78 is 16.2. The zero-order chi connectivity index (χ0) is 22.7. The molecule has 0 bridgehead atoms. The van der Waals surface area contributed by atoms with Gasteiger partial charge in [0.2, 0.25) is 5.89 Å². The number of nitrogens with zero attached hydrogens (tertiary/aromatic N) is 4. The smallest absolute Gasteiger partial charge is 0.339 e. The Balaban J connectivity index is 1.48. The van der Waals surface area contributed by atoms with Crippen molar-refractivity contribution in [3.8, 4) is 17.2 Å². The Bertz CT molecular complexity index is 1120. The lowest BCUT2D eigenvalue weighted by Crippen LogP contribution is -2.19. The Morgan fingerprint density at radius 2 is 1.88 bits per heavy atom. The number of hydrogen-bond acceptors (Lipinski definition) is 9. The van der Waals surface area contributed by atoms with Crippen LogP contribution in [0.3, 0.4) is 0 Å². The van der Waals surface area contributed by atoms with Crippen LogP contribution in [0.4, 0.5) is 11.4 Å². The summed E-state index contributed by atoms with van der Waals surface area (Å²) in [7, 11) is 1.57. The number of hydrogen-bond donors (Lipinski definition) is 0. The van der Waals surface area contributed by atoms with E-state index in [-0.39, 0.29) is 23.0 Å². The van der Waals surface area contributed by atoms with Crippen LogP contribution >= 0.6 is 0 Å².